The van der Waals surface area contributed by atoms with Crippen LogP contribution in [-0.2, 0) is 0 Å². The smallest absolute Gasteiger partial charge is 0.270 e. The van der Waals surface area contributed by atoms with Gasteiger partial charge in [0.05, 0.1) is 0 Å². The highest BCUT2D eigenvalue weighted by atomic mass is 35.5. The van der Waals surface area contributed by atoms with Crippen molar-refractivity contribution in [2.45, 2.75) is 6.10 Å². The largest absolute Gasteiger partial charge is 0.491 e. The number of hydrogen-bond acceptors (Lipinski definition) is 4. The topological polar surface area (TPSA) is 71.5 Å². The third-order valence-electron chi connectivity index (χ3n) is 2.78. The lowest BCUT2D eigenvalue weighted by Crippen LogP contribution is -2.35. The number of carbonyl (C=O) groups excluding carboxylic acids is 1. The summed E-state index contributed by atoms with van der Waals surface area (Å²) in [4.78, 5) is 15.6. The van der Waals surface area contributed by atoms with Crippen LogP contribution in [0.15, 0.2) is 36.4 Å². The molecule has 1 atom stereocenters. The number of nitrogens with one attached hydrogen (secondary N) is 1. The van der Waals surface area contributed by atoms with Gasteiger partial charge < -0.3 is 15.2 Å². The fourth-order valence-corrected chi connectivity index (χ4v) is 1.82. The molecule has 0 saturated heterocycles. The summed E-state index contributed by atoms with van der Waals surface area (Å²) in [5.74, 6) is -2.46. The van der Waals surface area contributed by atoms with Gasteiger partial charge in [-0.25, -0.2) is 13.8 Å². The summed E-state index contributed by atoms with van der Waals surface area (Å²) >= 11 is 5.68. The average molecular weight is 343 g/mol. The summed E-state index contributed by atoms with van der Waals surface area (Å²) < 4.78 is 30.9. The van der Waals surface area contributed by atoms with Crippen molar-refractivity contribution in [1.82, 2.24) is 10.3 Å². The molecule has 0 aliphatic carbocycles. The molecular formula is C15H13ClF2N2O3. The monoisotopic (exact) mass is 342 g/mol. The number of amides is 1. The number of halogens is 3. The van der Waals surface area contributed by atoms with Gasteiger partial charge in [-0.1, -0.05) is 17.7 Å². The molecule has 8 heteroatoms. The number of aliphatic hydroxyl groups excluding tert-OH is 1. The normalized spacial score (nSPS) is 11.8. The Morgan fingerprint density at radius 3 is 2.78 bits per heavy atom. The average Bonchev–Trinajstić information content (AvgIpc) is 2.53. The fourth-order valence-electron chi connectivity index (χ4n) is 1.65. The van der Waals surface area contributed by atoms with Crippen LogP contribution < -0.4 is 10.1 Å². The van der Waals surface area contributed by atoms with E-state index in [1.165, 1.54) is 18.2 Å². The number of aromatic nitrogens is 1. The van der Waals surface area contributed by atoms with Gasteiger partial charge in [0.1, 0.15) is 29.3 Å². The molecule has 23 heavy (non-hydrogen) atoms. The van der Waals surface area contributed by atoms with Gasteiger partial charge >= 0.3 is 0 Å². The molecule has 122 valence electrons. The Bertz CT molecular complexity index is 700. The SMILES string of the molecule is O=C(NC[C@@H](O)COc1ccc(F)c(F)c1)c1cccc(Cl)n1. The van der Waals surface area contributed by atoms with Gasteiger partial charge in [0.25, 0.3) is 5.91 Å². The third kappa shape index (κ3) is 5.15. The van der Waals surface area contributed by atoms with Crippen LogP contribution in [0.4, 0.5) is 8.78 Å². The molecule has 2 rings (SSSR count). The first kappa shape index (κ1) is 17.1. The van der Waals surface area contributed by atoms with E-state index >= 15 is 0 Å². The van der Waals surface area contributed by atoms with E-state index in [-0.39, 0.29) is 29.7 Å². The summed E-state index contributed by atoms with van der Waals surface area (Å²) in [5.41, 5.74) is 0.117. The number of hydrogen-bond donors (Lipinski definition) is 2. The molecule has 1 aromatic carbocycles. The number of aliphatic hydroxyl groups is 1. The number of ether oxygens (including phenoxy) is 1. The van der Waals surface area contributed by atoms with E-state index in [0.717, 1.165) is 12.1 Å². The minimum Gasteiger partial charge on any atom is -0.491 e. The Labute approximate surface area is 135 Å². The van der Waals surface area contributed by atoms with Crippen LogP contribution >= 0.6 is 11.6 Å². The zero-order valence-electron chi connectivity index (χ0n) is 11.8. The van der Waals surface area contributed by atoms with Gasteiger partial charge in [-0.15, -0.1) is 0 Å². The minimum atomic E-state index is -1.04. The van der Waals surface area contributed by atoms with Crippen molar-refractivity contribution in [3.05, 3.63) is 58.9 Å². The van der Waals surface area contributed by atoms with E-state index in [1.54, 1.807) is 6.07 Å². The van der Waals surface area contributed by atoms with Gasteiger partial charge in [0.15, 0.2) is 11.6 Å². The first-order valence-corrected chi connectivity index (χ1v) is 7.00. The highest BCUT2D eigenvalue weighted by Crippen LogP contribution is 2.15. The summed E-state index contributed by atoms with van der Waals surface area (Å²) in [6, 6.07) is 7.61. The molecule has 0 fully saturated rings. The van der Waals surface area contributed by atoms with Crippen molar-refractivity contribution in [2.24, 2.45) is 0 Å². The van der Waals surface area contributed by atoms with Crippen LogP contribution in [0.5, 0.6) is 5.75 Å². The predicted molar refractivity (Wildman–Crippen MR) is 79.4 cm³/mol. The zero-order valence-corrected chi connectivity index (χ0v) is 12.6. The molecule has 0 bridgehead atoms. The van der Waals surface area contributed by atoms with Crippen LogP contribution in [0.1, 0.15) is 10.5 Å². The van der Waals surface area contributed by atoms with Gasteiger partial charge in [-0.05, 0) is 24.3 Å². The molecule has 0 unspecified atom stereocenters. The Kier molecular flexibility index (Phi) is 5.84. The van der Waals surface area contributed by atoms with Crippen LogP contribution in [0.3, 0.4) is 0 Å². The van der Waals surface area contributed by atoms with E-state index in [9.17, 15) is 18.7 Å². The molecule has 1 amide bonds. The molecular weight excluding hydrogens is 330 g/mol. The Balaban J connectivity index is 1.79. The molecule has 5 nitrogen and oxygen atoms in total. The molecule has 0 saturated carbocycles. The summed E-state index contributed by atoms with van der Waals surface area (Å²) in [5, 5.41) is 12.4. The van der Waals surface area contributed by atoms with Crippen molar-refractivity contribution in [3.8, 4) is 5.75 Å². The van der Waals surface area contributed by atoms with Gasteiger partial charge in [0, 0.05) is 12.6 Å². The van der Waals surface area contributed by atoms with Crippen molar-refractivity contribution in [2.75, 3.05) is 13.2 Å². The second kappa shape index (κ2) is 7.85. The highest BCUT2D eigenvalue weighted by molar-refractivity contribution is 6.29. The second-order valence-electron chi connectivity index (χ2n) is 4.60. The quantitative estimate of drug-likeness (QED) is 0.789. The first-order chi connectivity index (χ1) is 11.0. The van der Waals surface area contributed by atoms with E-state index in [2.05, 4.69) is 10.3 Å². The van der Waals surface area contributed by atoms with E-state index in [4.69, 9.17) is 16.3 Å². The molecule has 0 aliphatic heterocycles. The first-order valence-electron chi connectivity index (χ1n) is 6.62. The van der Waals surface area contributed by atoms with Gasteiger partial charge in [-0.3, -0.25) is 4.79 Å². The second-order valence-corrected chi connectivity index (χ2v) is 4.98. The molecule has 1 aromatic heterocycles. The number of pyridine rings is 1. The van der Waals surface area contributed by atoms with Crippen molar-refractivity contribution >= 4 is 17.5 Å². The number of nitrogens with zero attached hydrogens (tertiary/aromatic N) is 1. The standard InChI is InChI=1S/C15H13ClF2N2O3/c16-14-3-1-2-13(20-14)15(22)19-7-9(21)8-23-10-4-5-11(17)12(18)6-10/h1-6,9,21H,7-8H2,(H,19,22)/t9-/m1/s1. The number of carbonyl (C=O) groups is 1. The van der Waals surface area contributed by atoms with E-state index < -0.39 is 23.6 Å². The van der Waals surface area contributed by atoms with Crippen LogP contribution in [0, 0.1) is 11.6 Å². The third-order valence-corrected chi connectivity index (χ3v) is 2.99. The van der Waals surface area contributed by atoms with E-state index in [1.807, 2.05) is 0 Å². The Morgan fingerprint density at radius 2 is 2.09 bits per heavy atom. The molecule has 2 aromatic rings. The Hall–Kier alpha value is -2.25. The van der Waals surface area contributed by atoms with Crippen LogP contribution in [0.2, 0.25) is 5.15 Å². The summed E-state index contributed by atoms with van der Waals surface area (Å²) in [6.07, 6.45) is -1.04. The van der Waals surface area contributed by atoms with Crippen LogP contribution in [0.25, 0.3) is 0 Å². The molecule has 2 N–H and O–H groups in total. The lowest BCUT2D eigenvalue weighted by Gasteiger charge is -2.13. The van der Waals surface area contributed by atoms with E-state index in [0.29, 0.717) is 0 Å². The minimum absolute atomic E-state index is 0.0748. The molecule has 1 heterocycles. The Morgan fingerprint density at radius 1 is 1.30 bits per heavy atom. The molecule has 0 spiro atoms. The summed E-state index contributed by atoms with van der Waals surface area (Å²) in [7, 11) is 0. The highest BCUT2D eigenvalue weighted by Gasteiger charge is 2.12. The lowest BCUT2D eigenvalue weighted by molar-refractivity contribution is 0.0839. The lowest BCUT2D eigenvalue weighted by atomic mass is 10.3. The fraction of sp³-hybridized carbons (Fsp3) is 0.200. The van der Waals surface area contributed by atoms with Crippen LogP contribution in [-0.4, -0.2) is 35.3 Å². The van der Waals surface area contributed by atoms with Gasteiger partial charge in [0.2, 0.25) is 0 Å². The zero-order chi connectivity index (χ0) is 16.8. The van der Waals surface area contributed by atoms with Crippen molar-refractivity contribution in [1.29, 1.82) is 0 Å². The maximum absolute atomic E-state index is 13.0. The number of benzene rings is 1. The predicted octanol–water partition coefficient (Wildman–Crippen LogP) is 2.18. The number of rotatable bonds is 6. The molecule has 0 aliphatic rings. The van der Waals surface area contributed by atoms with Crippen molar-refractivity contribution < 1.29 is 23.4 Å². The maximum Gasteiger partial charge on any atom is 0.270 e. The molecule has 0 radical (unpaired) electrons. The van der Waals surface area contributed by atoms with Crippen molar-refractivity contribution in [3.63, 3.8) is 0 Å². The van der Waals surface area contributed by atoms with Gasteiger partial charge in [-0.2, -0.15) is 0 Å². The summed E-state index contributed by atoms with van der Waals surface area (Å²) in [6.45, 7) is -0.301. The maximum atomic E-state index is 13.0.